The maximum absolute atomic E-state index is 12.8. The molecule has 2 aromatic heterocycles. The van der Waals surface area contributed by atoms with Crippen molar-refractivity contribution in [2.24, 2.45) is 0 Å². The molecule has 0 bridgehead atoms. The van der Waals surface area contributed by atoms with Crippen molar-refractivity contribution in [3.8, 4) is 0 Å². The van der Waals surface area contributed by atoms with E-state index >= 15 is 0 Å². The Morgan fingerprint density at radius 2 is 1.96 bits per heavy atom. The minimum absolute atomic E-state index is 0.118. The summed E-state index contributed by atoms with van der Waals surface area (Å²) in [6.45, 7) is 3.55. The lowest BCUT2D eigenvalue weighted by Gasteiger charge is -2.05. The highest BCUT2D eigenvalue weighted by Gasteiger charge is 2.21. The molecule has 1 aromatic carbocycles. The molecule has 0 saturated carbocycles. The smallest absolute Gasteiger partial charge is 0.348 e. The van der Waals surface area contributed by atoms with Gasteiger partial charge in [0.2, 0.25) is 0 Å². The average Bonchev–Trinajstić information content (AvgIpc) is 2.95. The van der Waals surface area contributed by atoms with Crippen LogP contribution in [0.15, 0.2) is 39.9 Å². The summed E-state index contributed by atoms with van der Waals surface area (Å²) in [5, 5.41) is 0.351. The number of carbonyl (C=O) groups excluding carboxylic acids is 2. The molecule has 0 N–H and O–H groups in total. The lowest BCUT2D eigenvalue weighted by Crippen LogP contribution is -2.24. The number of hydrogen-bond donors (Lipinski definition) is 0. The molecule has 0 unspecified atom stereocenters. The quantitative estimate of drug-likeness (QED) is 0.452. The van der Waals surface area contributed by atoms with Crippen molar-refractivity contribution >= 4 is 49.2 Å². The van der Waals surface area contributed by atoms with Gasteiger partial charge in [0.25, 0.3) is 5.56 Å². The van der Waals surface area contributed by atoms with Gasteiger partial charge in [0.05, 0.1) is 24.9 Å². The number of carbonyl (C=O) groups is 2. The molecule has 0 aliphatic heterocycles. The van der Waals surface area contributed by atoms with Gasteiger partial charge < -0.3 is 4.74 Å². The number of ether oxygens (including phenoxy) is 1. The van der Waals surface area contributed by atoms with E-state index in [2.05, 4.69) is 20.9 Å². The first-order chi connectivity index (χ1) is 12.4. The van der Waals surface area contributed by atoms with E-state index in [1.165, 1.54) is 10.9 Å². The molecule has 0 amide bonds. The van der Waals surface area contributed by atoms with Gasteiger partial charge in [-0.3, -0.25) is 14.2 Å². The summed E-state index contributed by atoms with van der Waals surface area (Å²) in [6.07, 6.45) is 1.34. The van der Waals surface area contributed by atoms with Crippen LogP contribution in [0.2, 0.25) is 0 Å². The van der Waals surface area contributed by atoms with Gasteiger partial charge in [-0.2, -0.15) is 0 Å². The zero-order valence-electron chi connectivity index (χ0n) is 14.1. The highest BCUT2D eigenvalue weighted by Crippen LogP contribution is 2.27. The standard InChI is InChI=1S/C18H15BrN2O4S/c1-3-25-18(24)15-10(2)14-16(26-15)20-9-21(17(14)23)8-13(22)11-4-6-12(19)7-5-11/h4-7,9H,3,8H2,1-2H3. The number of nitrogens with zero attached hydrogens (tertiary/aromatic N) is 2. The average molecular weight is 435 g/mol. The summed E-state index contributed by atoms with van der Waals surface area (Å²) in [6, 6.07) is 6.93. The predicted molar refractivity (Wildman–Crippen MR) is 103 cm³/mol. The van der Waals surface area contributed by atoms with E-state index in [4.69, 9.17) is 4.74 Å². The number of halogens is 1. The molecule has 0 atom stereocenters. The van der Waals surface area contributed by atoms with Crippen LogP contribution in [0.4, 0.5) is 0 Å². The number of thiophene rings is 1. The normalized spacial score (nSPS) is 10.9. The molecule has 0 spiro atoms. The van der Waals surface area contributed by atoms with Crippen molar-refractivity contribution in [3.63, 3.8) is 0 Å². The van der Waals surface area contributed by atoms with Crippen LogP contribution in [-0.4, -0.2) is 27.9 Å². The number of Topliss-reactive ketones (excluding diaryl/α,β-unsaturated/α-hetero) is 1. The summed E-state index contributed by atoms with van der Waals surface area (Å²) < 4.78 is 7.15. The Kier molecular flexibility index (Phi) is 5.33. The van der Waals surface area contributed by atoms with Gasteiger partial charge in [0.15, 0.2) is 5.78 Å². The molecule has 6 nitrogen and oxygen atoms in total. The zero-order valence-corrected chi connectivity index (χ0v) is 16.5. The maximum atomic E-state index is 12.8. The summed E-state index contributed by atoms with van der Waals surface area (Å²) in [7, 11) is 0. The van der Waals surface area contributed by atoms with Crippen LogP contribution in [0, 0.1) is 6.92 Å². The number of hydrogen-bond acceptors (Lipinski definition) is 6. The molecular formula is C18H15BrN2O4S. The Morgan fingerprint density at radius 3 is 2.62 bits per heavy atom. The number of esters is 1. The van der Waals surface area contributed by atoms with Crippen LogP contribution in [0.5, 0.6) is 0 Å². The van der Waals surface area contributed by atoms with Crippen LogP contribution in [0.3, 0.4) is 0 Å². The van der Waals surface area contributed by atoms with Crippen LogP contribution in [0.25, 0.3) is 10.2 Å². The van der Waals surface area contributed by atoms with E-state index in [1.807, 2.05) is 0 Å². The number of ketones is 1. The number of benzene rings is 1. The summed E-state index contributed by atoms with van der Waals surface area (Å²) in [5.41, 5.74) is 0.700. The Morgan fingerprint density at radius 1 is 1.27 bits per heavy atom. The molecule has 26 heavy (non-hydrogen) atoms. The minimum Gasteiger partial charge on any atom is -0.462 e. The fourth-order valence-electron chi connectivity index (χ4n) is 2.54. The third kappa shape index (κ3) is 3.47. The van der Waals surface area contributed by atoms with Crippen molar-refractivity contribution in [1.29, 1.82) is 0 Å². The Hall–Kier alpha value is -2.32. The number of rotatable bonds is 5. The molecule has 0 radical (unpaired) electrons. The van der Waals surface area contributed by atoms with Gasteiger partial charge in [-0.15, -0.1) is 11.3 Å². The van der Waals surface area contributed by atoms with Crippen molar-refractivity contribution in [1.82, 2.24) is 9.55 Å². The molecule has 0 saturated heterocycles. The monoisotopic (exact) mass is 434 g/mol. The Bertz CT molecular complexity index is 1050. The molecule has 2 heterocycles. The van der Waals surface area contributed by atoms with Crippen LogP contribution in [0.1, 0.15) is 32.5 Å². The topological polar surface area (TPSA) is 78.3 Å². The molecular weight excluding hydrogens is 420 g/mol. The van der Waals surface area contributed by atoms with E-state index in [9.17, 15) is 14.4 Å². The Balaban J connectivity index is 1.97. The Labute approximate surface area is 161 Å². The first kappa shape index (κ1) is 18.5. The van der Waals surface area contributed by atoms with E-state index < -0.39 is 5.97 Å². The third-order valence-electron chi connectivity index (χ3n) is 3.86. The summed E-state index contributed by atoms with van der Waals surface area (Å²) >= 11 is 4.44. The number of fused-ring (bicyclic) bond motifs is 1. The fourth-order valence-corrected chi connectivity index (χ4v) is 3.84. The molecule has 3 rings (SSSR count). The van der Waals surface area contributed by atoms with Crippen LogP contribution < -0.4 is 5.56 Å². The van der Waals surface area contributed by atoms with E-state index in [-0.39, 0.29) is 24.5 Å². The van der Waals surface area contributed by atoms with E-state index in [0.29, 0.717) is 26.2 Å². The van der Waals surface area contributed by atoms with E-state index in [1.54, 1.807) is 38.1 Å². The second-order valence-corrected chi connectivity index (χ2v) is 7.48. The molecule has 8 heteroatoms. The first-order valence-corrected chi connectivity index (χ1v) is 9.47. The minimum atomic E-state index is -0.468. The predicted octanol–water partition coefficient (Wildman–Crippen LogP) is 3.59. The van der Waals surface area contributed by atoms with Gasteiger partial charge in [0, 0.05) is 10.0 Å². The largest absolute Gasteiger partial charge is 0.462 e. The van der Waals surface area contributed by atoms with Gasteiger partial charge in [0.1, 0.15) is 9.71 Å². The van der Waals surface area contributed by atoms with Gasteiger partial charge in [-0.25, -0.2) is 9.78 Å². The zero-order chi connectivity index (χ0) is 18.8. The van der Waals surface area contributed by atoms with E-state index in [0.717, 1.165) is 15.8 Å². The van der Waals surface area contributed by atoms with Crippen LogP contribution >= 0.6 is 27.3 Å². The number of aryl methyl sites for hydroxylation is 1. The van der Waals surface area contributed by atoms with Gasteiger partial charge in [-0.05, 0) is 31.5 Å². The van der Waals surface area contributed by atoms with Crippen LogP contribution in [-0.2, 0) is 11.3 Å². The molecule has 134 valence electrons. The second-order valence-electron chi connectivity index (χ2n) is 5.56. The van der Waals surface area contributed by atoms with Crippen molar-refractivity contribution in [2.45, 2.75) is 20.4 Å². The number of aromatic nitrogens is 2. The molecule has 0 fully saturated rings. The first-order valence-electron chi connectivity index (χ1n) is 7.86. The lowest BCUT2D eigenvalue weighted by atomic mass is 10.1. The van der Waals surface area contributed by atoms with Gasteiger partial charge in [-0.1, -0.05) is 28.1 Å². The molecule has 0 aliphatic rings. The summed E-state index contributed by atoms with van der Waals surface area (Å²) in [4.78, 5) is 42.3. The maximum Gasteiger partial charge on any atom is 0.348 e. The second kappa shape index (κ2) is 7.51. The van der Waals surface area contributed by atoms with Crippen molar-refractivity contribution in [2.75, 3.05) is 6.61 Å². The van der Waals surface area contributed by atoms with Crippen molar-refractivity contribution in [3.05, 3.63) is 61.4 Å². The van der Waals surface area contributed by atoms with Crippen molar-refractivity contribution < 1.29 is 14.3 Å². The highest BCUT2D eigenvalue weighted by molar-refractivity contribution is 9.10. The highest BCUT2D eigenvalue weighted by atomic mass is 79.9. The molecule has 3 aromatic rings. The lowest BCUT2D eigenvalue weighted by molar-refractivity contribution is 0.0531. The summed E-state index contributed by atoms with van der Waals surface area (Å²) in [5.74, 6) is -0.663. The molecule has 0 aliphatic carbocycles. The van der Waals surface area contributed by atoms with Gasteiger partial charge >= 0.3 is 5.97 Å². The third-order valence-corrected chi connectivity index (χ3v) is 5.57. The fraction of sp³-hybridized carbons (Fsp3) is 0.222. The SMILES string of the molecule is CCOC(=O)c1sc2ncn(CC(=O)c3ccc(Br)cc3)c(=O)c2c1C.